The SMILES string of the molecule is O=C(NN=Cc1ccccc1OC(F)F)c1ccc(Br)cc1. The molecule has 0 bridgehead atoms. The predicted octanol–water partition coefficient (Wildman–Crippen LogP) is 3.81. The maximum absolute atomic E-state index is 12.3. The fourth-order valence-corrected chi connectivity index (χ4v) is 1.88. The van der Waals surface area contributed by atoms with E-state index in [1.165, 1.54) is 12.3 Å². The van der Waals surface area contributed by atoms with Crippen molar-refractivity contribution in [3.63, 3.8) is 0 Å². The fraction of sp³-hybridized carbons (Fsp3) is 0.0667. The Bertz CT molecular complexity index is 675. The lowest BCUT2D eigenvalue weighted by Gasteiger charge is -2.06. The standard InChI is InChI=1S/C15H11BrF2N2O2/c16-12-7-5-10(6-8-12)14(21)20-19-9-11-3-1-2-4-13(11)22-15(17)18/h1-9,15H,(H,20,21). The number of ether oxygens (including phenoxy) is 1. The molecule has 0 saturated heterocycles. The van der Waals surface area contributed by atoms with Crippen molar-refractivity contribution >= 4 is 28.1 Å². The Hall–Kier alpha value is -2.28. The first-order chi connectivity index (χ1) is 10.6. The first-order valence-corrected chi connectivity index (χ1v) is 6.98. The van der Waals surface area contributed by atoms with Crippen LogP contribution in [0.1, 0.15) is 15.9 Å². The molecule has 0 aliphatic rings. The van der Waals surface area contributed by atoms with Crippen LogP contribution in [0.2, 0.25) is 0 Å². The van der Waals surface area contributed by atoms with Crippen LogP contribution in [0.3, 0.4) is 0 Å². The lowest BCUT2D eigenvalue weighted by molar-refractivity contribution is -0.0499. The largest absolute Gasteiger partial charge is 0.434 e. The van der Waals surface area contributed by atoms with Gasteiger partial charge in [-0.25, -0.2) is 5.43 Å². The first kappa shape index (κ1) is 16.1. The molecule has 0 spiro atoms. The van der Waals surface area contributed by atoms with E-state index in [4.69, 9.17) is 0 Å². The van der Waals surface area contributed by atoms with Crippen molar-refractivity contribution < 1.29 is 18.3 Å². The fourth-order valence-electron chi connectivity index (χ4n) is 1.62. The molecule has 2 aromatic carbocycles. The molecule has 0 aliphatic carbocycles. The summed E-state index contributed by atoms with van der Waals surface area (Å²) in [6.45, 7) is -2.92. The zero-order valence-corrected chi connectivity index (χ0v) is 12.8. The quantitative estimate of drug-likeness (QED) is 0.644. The van der Waals surface area contributed by atoms with Gasteiger partial charge in [-0.2, -0.15) is 13.9 Å². The first-order valence-electron chi connectivity index (χ1n) is 6.19. The van der Waals surface area contributed by atoms with Gasteiger partial charge in [0, 0.05) is 15.6 Å². The van der Waals surface area contributed by atoms with Gasteiger partial charge in [0.1, 0.15) is 5.75 Å². The molecule has 0 aliphatic heterocycles. The molecular formula is C15H11BrF2N2O2. The Morgan fingerprint density at radius 1 is 1.18 bits per heavy atom. The zero-order chi connectivity index (χ0) is 15.9. The lowest BCUT2D eigenvalue weighted by atomic mass is 10.2. The molecular weight excluding hydrogens is 358 g/mol. The van der Waals surface area contributed by atoms with E-state index in [1.807, 2.05) is 0 Å². The van der Waals surface area contributed by atoms with E-state index in [2.05, 4.69) is 31.2 Å². The second kappa shape index (κ2) is 7.65. The number of nitrogens with one attached hydrogen (secondary N) is 1. The Morgan fingerprint density at radius 3 is 2.55 bits per heavy atom. The summed E-state index contributed by atoms with van der Waals surface area (Å²) in [5.41, 5.74) is 3.08. The minimum Gasteiger partial charge on any atom is -0.434 e. The molecule has 0 saturated carbocycles. The van der Waals surface area contributed by atoms with Crippen LogP contribution < -0.4 is 10.2 Å². The van der Waals surface area contributed by atoms with Crippen LogP contribution in [0.15, 0.2) is 58.1 Å². The average molecular weight is 369 g/mol. The Labute approximate surface area is 133 Å². The van der Waals surface area contributed by atoms with Gasteiger partial charge in [-0.1, -0.05) is 28.1 Å². The molecule has 22 heavy (non-hydrogen) atoms. The third-order valence-corrected chi connectivity index (χ3v) is 3.14. The number of carbonyl (C=O) groups is 1. The van der Waals surface area contributed by atoms with Gasteiger partial charge in [0.05, 0.1) is 6.21 Å². The monoisotopic (exact) mass is 368 g/mol. The molecule has 114 valence electrons. The van der Waals surface area contributed by atoms with Crippen LogP contribution >= 0.6 is 15.9 Å². The molecule has 1 amide bonds. The molecule has 0 aromatic heterocycles. The predicted molar refractivity (Wildman–Crippen MR) is 82.3 cm³/mol. The number of amides is 1. The summed E-state index contributed by atoms with van der Waals surface area (Å²) in [5, 5.41) is 3.75. The van der Waals surface area contributed by atoms with Crippen LogP contribution in [0.5, 0.6) is 5.75 Å². The van der Waals surface area contributed by atoms with E-state index < -0.39 is 12.5 Å². The van der Waals surface area contributed by atoms with Crippen LogP contribution in [-0.4, -0.2) is 18.7 Å². The van der Waals surface area contributed by atoms with E-state index in [-0.39, 0.29) is 5.75 Å². The summed E-state index contributed by atoms with van der Waals surface area (Å²) in [4.78, 5) is 11.8. The average Bonchev–Trinajstić information content (AvgIpc) is 2.49. The minimum atomic E-state index is -2.92. The third-order valence-electron chi connectivity index (χ3n) is 2.61. The topological polar surface area (TPSA) is 50.7 Å². The maximum Gasteiger partial charge on any atom is 0.387 e. The number of rotatable bonds is 5. The highest BCUT2D eigenvalue weighted by Gasteiger charge is 2.08. The van der Waals surface area contributed by atoms with Gasteiger partial charge >= 0.3 is 6.61 Å². The molecule has 0 unspecified atom stereocenters. The van der Waals surface area contributed by atoms with Gasteiger partial charge in [0.15, 0.2) is 0 Å². The molecule has 2 rings (SSSR count). The summed E-state index contributed by atoms with van der Waals surface area (Å²) < 4.78 is 29.7. The number of hydrogen-bond donors (Lipinski definition) is 1. The summed E-state index contributed by atoms with van der Waals surface area (Å²) in [6, 6.07) is 12.9. The summed E-state index contributed by atoms with van der Waals surface area (Å²) in [6.07, 6.45) is 1.24. The smallest absolute Gasteiger partial charge is 0.387 e. The van der Waals surface area contributed by atoms with Gasteiger partial charge in [0.2, 0.25) is 0 Å². The molecule has 7 heteroatoms. The number of halogens is 3. The second-order valence-electron chi connectivity index (χ2n) is 4.12. The summed E-state index contributed by atoms with van der Waals surface area (Å²) >= 11 is 3.27. The zero-order valence-electron chi connectivity index (χ0n) is 11.2. The van der Waals surface area contributed by atoms with Crippen molar-refractivity contribution in [1.82, 2.24) is 5.43 Å². The number of carbonyl (C=O) groups excluding carboxylic acids is 1. The number of alkyl halides is 2. The molecule has 0 radical (unpaired) electrons. The van der Waals surface area contributed by atoms with E-state index in [9.17, 15) is 13.6 Å². The molecule has 2 aromatic rings. The van der Waals surface area contributed by atoms with Crippen molar-refractivity contribution in [2.24, 2.45) is 5.10 Å². The minimum absolute atomic E-state index is 0.0147. The van der Waals surface area contributed by atoms with Crippen molar-refractivity contribution in [2.45, 2.75) is 6.61 Å². The van der Waals surface area contributed by atoms with Gasteiger partial charge in [-0.3, -0.25) is 4.79 Å². The molecule has 0 fully saturated rings. The van der Waals surface area contributed by atoms with Gasteiger partial charge in [-0.15, -0.1) is 0 Å². The molecule has 1 N–H and O–H groups in total. The summed E-state index contributed by atoms with van der Waals surface area (Å²) in [5.74, 6) is -0.421. The Morgan fingerprint density at radius 2 is 1.86 bits per heavy atom. The maximum atomic E-state index is 12.3. The van der Waals surface area contributed by atoms with Crippen LogP contribution in [0.25, 0.3) is 0 Å². The number of nitrogens with zero attached hydrogens (tertiary/aromatic N) is 1. The van der Waals surface area contributed by atoms with Crippen LogP contribution in [0, 0.1) is 0 Å². The van der Waals surface area contributed by atoms with Gasteiger partial charge in [0.25, 0.3) is 5.91 Å². The highest BCUT2D eigenvalue weighted by molar-refractivity contribution is 9.10. The number of hydrogen-bond acceptors (Lipinski definition) is 3. The van der Waals surface area contributed by atoms with Gasteiger partial charge in [-0.05, 0) is 36.4 Å². The van der Waals surface area contributed by atoms with E-state index in [0.29, 0.717) is 11.1 Å². The lowest BCUT2D eigenvalue weighted by Crippen LogP contribution is -2.17. The number of benzene rings is 2. The van der Waals surface area contributed by atoms with E-state index in [1.54, 1.807) is 42.5 Å². The Kier molecular flexibility index (Phi) is 5.60. The number of hydrazone groups is 1. The van der Waals surface area contributed by atoms with Crippen LogP contribution in [-0.2, 0) is 0 Å². The van der Waals surface area contributed by atoms with Crippen LogP contribution in [0.4, 0.5) is 8.78 Å². The summed E-state index contributed by atoms with van der Waals surface area (Å²) in [7, 11) is 0. The van der Waals surface area contributed by atoms with E-state index in [0.717, 1.165) is 4.47 Å². The van der Waals surface area contributed by atoms with E-state index >= 15 is 0 Å². The number of para-hydroxylation sites is 1. The normalized spacial score (nSPS) is 10.9. The molecule has 0 heterocycles. The third kappa shape index (κ3) is 4.63. The van der Waals surface area contributed by atoms with Crippen molar-refractivity contribution in [3.8, 4) is 5.75 Å². The molecule has 0 atom stereocenters. The van der Waals surface area contributed by atoms with Crippen molar-refractivity contribution in [3.05, 3.63) is 64.1 Å². The highest BCUT2D eigenvalue weighted by atomic mass is 79.9. The second-order valence-corrected chi connectivity index (χ2v) is 5.04. The molecule has 4 nitrogen and oxygen atoms in total. The van der Waals surface area contributed by atoms with Crippen molar-refractivity contribution in [1.29, 1.82) is 0 Å². The van der Waals surface area contributed by atoms with Gasteiger partial charge < -0.3 is 4.74 Å². The Balaban J connectivity index is 2.03. The van der Waals surface area contributed by atoms with Crippen molar-refractivity contribution in [2.75, 3.05) is 0 Å². The highest BCUT2D eigenvalue weighted by Crippen LogP contribution is 2.18.